The fourth-order valence-corrected chi connectivity index (χ4v) is 4.13. The maximum absolute atomic E-state index is 12.5. The van der Waals surface area contributed by atoms with Crippen molar-refractivity contribution in [3.05, 3.63) is 0 Å². The van der Waals surface area contributed by atoms with E-state index >= 15 is 0 Å². The van der Waals surface area contributed by atoms with Crippen molar-refractivity contribution in [3.8, 4) is 0 Å². The summed E-state index contributed by atoms with van der Waals surface area (Å²) in [5.41, 5.74) is -0.408. The van der Waals surface area contributed by atoms with Crippen LogP contribution in [0.2, 0.25) is 0 Å². The Morgan fingerprint density at radius 3 is 2.29 bits per heavy atom. The van der Waals surface area contributed by atoms with Crippen LogP contribution in [0.4, 0.5) is 4.79 Å². The molecule has 1 amide bonds. The number of piperidine rings is 1. The van der Waals surface area contributed by atoms with Crippen LogP contribution in [0.15, 0.2) is 0 Å². The van der Waals surface area contributed by atoms with E-state index in [1.165, 1.54) is 13.0 Å². The molecule has 2 bridgehead atoms. The van der Waals surface area contributed by atoms with Gasteiger partial charge in [0.1, 0.15) is 5.60 Å². The molecule has 5 heteroatoms. The minimum atomic E-state index is -0.408. The third-order valence-corrected chi connectivity index (χ3v) is 5.19. The molecule has 2 saturated heterocycles. The lowest BCUT2D eigenvalue weighted by molar-refractivity contribution is 0.00467. The highest BCUT2D eigenvalue weighted by atomic mass is 16.6. The largest absolute Gasteiger partial charge is 0.444 e. The number of carbonyl (C=O) groups is 1. The predicted octanol–water partition coefficient (Wildman–Crippen LogP) is 3.24. The van der Waals surface area contributed by atoms with Crippen LogP contribution in [0, 0.1) is 0 Å². The molecule has 0 spiro atoms. The fourth-order valence-electron chi connectivity index (χ4n) is 4.13. The van der Waals surface area contributed by atoms with Gasteiger partial charge >= 0.3 is 6.09 Å². The van der Waals surface area contributed by atoms with Gasteiger partial charge in [0, 0.05) is 31.2 Å². The van der Waals surface area contributed by atoms with Crippen molar-refractivity contribution in [2.24, 2.45) is 0 Å². The van der Waals surface area contributed by atoms with E-state index < -0.39 is 5.60 Å². The smallest absolute Gasteiger partial charge is 0.410 e. The first-order chi connectivity index (χ1) is 11.3. The van der Waals surface area contributed by atoms with Crippen LogP contribution in [-0.4, -0.2) is 65.8 Å². The Balaban J connectivity index is 1.79. The summed E-state index contributed by atoms with van der Waals surface area (Å²) < 4.78 is 5.61. The summed E-state index contributed by atoms with van der Waals surface area (Å²) in [5.74, 6) is 0. The molecule has 0 radical (unpaired) electrons. The molecule has 5 nitrogen and oxygen atoms in total. The van der Waals surface area contributed by atoms with Gasteiger partial charge in [-0.2, -0.15) is 0 Å². The molecule has 24 heavy (non-hydrogen) atoms. The van der Waals surface area contributed by atoms with Crippen molar-refractivity contribution in [1.29, 1.82) is 0 Å². The Morgan fingerprint density at radius 2 is 1.79 bits per heavy atom. The molecule has 1 N–H and O–H groups in total. The minimum absolute atomic E-state index is 0.117. The van der Waals surface area contributed by atoms with Crippen molar-refractivity contribution in [2.75, 3.05) is 26.2 Å². The highest BCUT2D eigenvalue weighted by molar-refractivity contribution is 5.69. The fraction of sp³-hybridized carbons (Fsp3) is 0.947. The zero-order valence-corrected chi connectivity index (χ0v) is 16.3. The Bertz CT molecular complexity index is 394. The monoisotopic (exact) mass is 339 g/mol. The summed E-state index contributed by atoms with van der Waals surface area (Å²) in [4.78, 5) is 17.0. The molecule has 2 heterocycles. The van der Waals surface area contributed by atoms with Crippen LogP contribution in [0.3, 0.4) is 0 Å². The van der Waals surface area contributed by atoms with Crippen LogP contribution in [0.1, 0.15) is 66.7 Å². The van der Waals surface area contributed by atoms with Gasteiger partial charge in [-0.1, -0.05) is 13.8 Å². The van der Waals surface area contributed by atoms with E-state index in [4.69, 9.17) is 4.74 Å². The number of fused-ring (bicyclic) bond motifs is 2. The Hall–Kier alpha value is -0.810. The molecule has 0 aliphatic carbocycles. The van der Waals surface area contributed by atoms with Crippen LogP contribution in [-0.2, 0) is 4.74 Å². The predicted molar refractivity (Wildman–Crippen MR) is 98.3 cm³/mol. The van der Waals surface area contributed by atoms with Crippen LogP contribution < -0.4 is 5.32 Å². The molecular formula is C19H37N3O2. The summed E-state index contributed by atoms with van der Waals surface area (Å²) in [6.07, 6.45) is 5.48. The molecule has 140 valence electrons. The number of ether oxygens (including phenoxy) is 1. The number of amides is 1. The molecule has 2 atom stereocenters. The van der Waals surface area contributed by atoms with E-state index in [1.807, 2.05) is 25.7 Å². The summed E-state index contributed by atoms with van der Waals surface area (Å²) >= 11 is 0. The lowest BCUT2D eigenvalue weighted by atomic mass is 9.97. The minimum Gasteiger partial charge on any atom is -0.444 e. The molecular weight excluding hydrogens is 302 g/mol. The van der Waals surface area contributed by atoms with Gasteiger partial charge in [0.25, 0.3) is 0 Å². The average Bonchev–Trinajstić information content (AvgIpc) is 2.76. The second-order valence-electron chi connectivity index (χ2n) is 8.33. The summed E-state index contributed by atoms with van der Waals surface area (Å²) in [5, 5.41) is 3.73. The quantitative estimate of drug-likeness (QED) is 0.773. The zero-order chi connectivity index (χ0) is 17.7. The highest BCUT2D eigenvalue weighted by Gasteiger charge is 2.44. The van der Waals surface area contributed by atoms with E-state index in [0.29, 0.717) is 18.1 Å². The van der Waals surface area contributed by atoms with Crippen LogP contribution in [0.25, 0.3) is 0 Å². The number of nitrogens with zero attached hydrogens (tertiary/aromatic N) is 2. The molecule has 2 aliphatic heterocycles. The Kier molecular flexibility index (Phi) is 6.93. The van der Waals surface area contributed by atoms with Gasteiger partial charge < -0.3 is 19.9 Å². The van der Waals surface area contributed by atoms with Crippen molar-refractivity contribution in [2.45, 2.75) is 90.4 Å². The first-order valence-corrected chi connectivity index (χ1v) is 9.81. The van der Waals surface area contributed by atoms with E-state index in [-0.39, 0.29) is 6.09 Å². The molecule has 0 aromatic carbocycles. The molecule has 2 fully saturated rings. The molecule has 2 rings (SSSR count). The molecule has 0 aromatic heterocycles. The van der Waals surface area contributed by atoms with Gasteiger partial charge in [-0.05, 0) is 66.0 Å². The third kappa shape index (κ3) is 5.35. The normalized spacial score (nSPS) is 26.9. The lowest BCUT2D eigenvalue weighted by Gasteiger charge is -2.40. The SMILES string of the molecule is CCCN(CC)CCNC1CC2CCC(C1)N2C(=O)OC(C)(C)C. The van der Waals surface area contributed by atoms with Gasteiger partial charge in [0.2, 0.25) is 0 Å². The van der Waals surface area contributed by atoms with E-state index in [9.17, 15) is 4.79 Å². The maximum atomic E-state index is 12.5. The van der Waals surface area contributed by atoms with E-state index in [0.717, 1.165) is 45.3 Å². The van der Waals surface area contributed by atoms with Crippen molar-refractivity contribution < 1.29 is 9.53 Å². The number of carbonyl (C=O) groups excluding carboxylic acids is 1. The summed E-state index contributed by atoms with van der Waals surface area (Å²) in [6.45, 7) is 14.8. The van der Waals surface area contributed by atoms with Crippen molar-refractivity contribution >= 4 is 6.09 Å². The number of nitrogens with one attached hydrogen (secondary N) is 1. The van der Waals surface area contributed by atoms with Crippen molar-refractivity contribution in [1.82, 2.24) is 15.1 Å². The van der Waals surface area contributed by atoms with Gasteiger partial charge in [-0.15, -0.1) is 0 Å². The first-order valence-electron chi connectivity index (χ1n) is 9.81. The maximum Gasteiger partial charge on any atom is 0.410 e. The number of hydrogen-bond acceptors (Lipinski definition) is 4. The number of rotatable bonds is 7. The molecule has 0 saturated carbocycles. The number of likely N-dealkylation sites (N-methyl/N-ethyl adjacent to an activating group) is 1. The van der Waals surface area contributed by atoms with Crippen LogP contribution >= 0.6 is 0 Å². The second-order valence-corrected chi connectivity index (χ2v) is 8.33. The first kappa shape index (κ1) is 19.5. The van der Waals surface area contributed by atoms with Crippen LogP contribution in [0.5, 0.6) is 0 Å². The Labute approximate surface area is 148 Å². The molecule has 2 aliphatic rings. The highest BCUT2D eigenvalue weighted by Crippen LogP contribution is 2.36. The van der Waals surface area contributed by atoms with Gasteiger partial charge in [-0.3, -0.25) is 0 Å². The third-order valence-electron chi connectivity index (χ3n) is 5.19. The standard InChI is InChI=1S/C19H37N3O2/c1-6-11-21(7-2)12-10-20-15-13-16-8-9-17(14-15)22(16)18(23)24-19(3,4)5/h15-17,20H,6-14H2,1-5H3. The van der Waals surface area contributed by atoms with Gasteiger partial charge in [0.15, 0.2) is 0 Å². The van der Waals surface area contributed by atoms with E-state index in [1.54, 1.807) is 0 Å². The second kappa shape index (κ2) is 8.52. The summed E-state index contributed by atoms with van der Waals surface area (Å²) in [6, 6.07) is 1.25. The van der Waals surface area contributed by atoms with Crippen molar-refractivity contribution in [3.63, 3.8) is 0 Å². The summed E-state index contributed by atoms with van der Waals surface area (Å²) in [7, 11) is 0. The Morgan fingerprint density at radius 1 is 1.17 bits per heavy atom. The van der Waals surface area contributed by atoms with E-state index in [2.05, 4.69) is 24.1 Å². The molecule has 2 unspecified atom stereocenters. The zero-order valence-electron chi connectivity index (χ0n) is 16.3. The van der Waals surface area contributed by atoms with Gasteiger partial charge in [-0.25, -0.2) is 4.79 Å². The van der Waals surface area contributed by atoms with Gasteiger partial charge in [0.05, 0.1) is 0 Å². The molecule has 0 aromatic rings. The average molecular weight is 340 g/mol. The number of hydrogen-bond donors (Lipinski definition) is 1. The lowest BCUT2D eigenvalue weighted by Crippen LogP contribution is -2.53. The topological polar surface area (TPSA) is 44.8 Å².